The van der Waals surface area contributed by atoms with Crippen LogP contribution in [0.25, 0.3) is 0 Å². The Kier molecular flexibility index (Phi) is 2.17. The normalized spacial score (nSPS) is 10.9. The first-order chi connectivity index (χ1) is 5.16. The zero-order chi connectivity index (χ0) is 8.43. The van der Waals surface area contributed by atoms with Crippen LogP contribution in [0.2, 0.25) is 0 Å². The van der Waals surface area contributed by atoms with E-state index in [9.17, 15) is 0 Å². The average molecular weight is 154 g/mol. The Bertz CT molecular complexity index is 240. The Balaban J connectivity index is 3.07. The standard InChI is InChI=1S/C8H14N2O/c1-4-6-7(5(2)3)8(9)10-11-6/h5H,4H2,1-3H3,(H2,9,10). The Morgan fingerprint density at radius 1 is 1.55 bits per heavy atom. The number of nitrogen functional groups attached to an aromatic ring is 1. The first kappa shape index (κ1) is 8.11. The lowest BCUT2D eigenvalue weighted by Gasteiger charge is -2.02. The molecule has 3 nitrogen and oxygen atoms in total. The van der Waals surface area contributed by atoms with Gasteiger partial charge < -0.3 is 10.3 Å². The minimum atomic E-state index is 0.399. The Morgan fingerprint density at radius 3 is 2.55 bits per heavy atom. The maximum absolute atomic E-state index is 5.61. The van der Waals surface area contributed by atoms with E-state index in [1.165, 1.54) is 0 Å². The number of nitrogens with zero attached hydrogens (tertiary/aromatic N) is 1. The molecule has 0 spiro atoms. The maximum Gasteiger partial charge on any atom is 0.170 e. The van der Waals surface area contributed by atoms with E-state index in [0.29, 0.717) is 11.7 Å². The molecule has 0 bridgehead atoms. The van der Waals surface area contributed by atoms with E-state index >= 15 is 0 Å². The van der Waals surface area contributed by atoms with Crippen LogP contribution in [-0.2, 0) is 6.42 Å². The predicted octanol–water partition coefficient (Wildman–Crippen LogP) is 1.94. The SMILES string of the molecule is CCc1onc(N)c1C(C)C. The summed E-state index contributed by atoms with van der Waals surface area (Å²) in [6, 6.07) is 0. The van der Waals surface area contributed by atoms with Gasteiger partial charge in [-0.25, -0.2) is 0 Å². The van der Waals surface area contributed by atoms with E-state index in [1.54, 1.807) is 0 Å². The van der Waals surface area contributed by atoms with Crippen LogP contribution in [0.5, 0.6) is 0 Å². The first-order valence-corrected chi connectivity index (χ1v) is 3.90. The van der Waals surface area contributed by atoms with Gasteiger partial charge in [-0.1, -0.05) is 25.9 Å². The highest BCUT2D eigenvalue weighted by Crippen LogP contribution is 2.25. The molecular formula is C8H14N2O. The fourth-order valence-corrected chi connectivity index (χ4v) is 1.22. The lowest BCUT2D eigenvalue weighted by molar-refractivity contribution is 0.387. The second-order valence-corrected chi connectivity index (χ2v) is 2.91. The van der Waals surface area contributed by atoms with Gasteiger partial charge >= 0.3 is 0 Å². The summed E-state index contributed by atoms with van der Waals surface area (Å²) in [6.45, 7) is 6.20. The van der Waals surface area contributed by atoms with Crippen molar-refractivity contribution in [2.75, 3.05) is 5.73 Å². The van der Waals surface area contributed by atoms with Crippen LogP contribution in [-0.4, -0.2) is 5.16 Å². The summed E-state index contributed by atoms with van der Waals surface area (Å²) in [5.74, 6) is 1.85. The molecule has 0 aliphatic carbocycles. The molecule has 0 saturated carbocycles. The van der Waals surface area contributed by atoms with Crippen molar-refractivity contribution in [3.05, 3.63) is 11.3 Å². The molecular weight excluding hydrogens is 140 g/mol. The molecule has 0 radical (unpaired) electrons. The quantitative estimate of drug-likeness (QED) is 0.708. The fourth-order valence-electron chi connectivity index (χ4n) is 1.22. The zero-order valence-electron chi connectivity index (χ0n) is 7.22. The van der Waals surface area contributed by atoms with Gasteiger partial charge in [-0.05, 0) is 5.92 Å². The van der Waals surface area contributed by atoms with Crippen molar-refractivity contribution in [2.24, 2.45) is 0 Å². The van der Waals surface area contributed by atoms with Crippen molar-refractivity contribution in [3.8, 4) is 0 Å². The highest BCUT2D eigenvalue weighted by Gasteiger charge is 2.14. The lowest BCUT2D eigenvalue weighted by Crippen LogP contribution is -1.96. The molecule has 0 atom stereocenters. The summed E-state index contributed by atoms with van der Waals surface area (Å²) >= 11 is 0. The van der Waals surface area contributed by atoms with Gasteiger partial charge in [0, 0.05) is 12.0 Å². The molecule has 62 valence electrons. The van der Waals surface area contributed by atoms with E-state index < -0.39 is 0 Å². The van der Waals surface area contributed by atoms with Crippen LogP contribution in [0.15, 0.2) is 4.52 Å². The minimum absolute atomic E-state index is 0.399. The maximum atomic E-state index is 5.61. The van der Waals surface area contributed by atoms with Crippen LogP contribution in [0, 0.1) is 0 Å². The molecule has 0 saturated heterocycles. The molecule has 0 aliphatic rings. The van der Waals surface area contributed by atoms with Crippen molar-refractivity contribution >= 4 is 5.82 Å². The molecule has 3 heteroatoms. The summed E-state index contributed by atoms with van der Waals surface area (Å²) in [5.41, 5.74) is 6.68. The third-order valence-electron chi connectivity index (χ3n) is 1.73. The molecule has 0 aliphatic heterocycles. The number of nitrogens with two attached hydrogens (primary N) is 1. The Labute approximate surface area is 66.6 Å². The van der Waals surface area contributed by atoms with Crippen molar-refractivity contribution < 1.29 is 4.52 Å². The number of hydrogen-bond donors (Lipinski definition) is 1. The van der Waals surface area contributed by atoms with Crippen LogP contribution in [0.4, 0.5) is 5.82 Å². The number of anilines is 1. The number of rotatable bonds is 2. The second kappa shape index (κ2) is 2.95. The average Bonchev–Trinajstić information content (AvgIpc) is 2.30. The molecule has 1 heterocycles. The zero-order valence-corrected chi connectivity index (χ0v) is 7.22. The second-order valence-electron chi connectivity index (χ2n) is 2.91. The van der Waals surface area contributed by atoms with E-state index in [1.807, 2.05) is 6.92 Å². The molecule has 1 rings (SSSR count). The van der Waals surface area contributed by atoms with Gasteiger partial charge in [0.15, 0.2) is 5.82 Å². The van der Waals surface area contributed by atoms with E-state index in [-0.39, 0.29) is 0 Å². The third kappa shape index (κ3) is 1.37. The van der Waals surface area contributed by atoms with Crippen LogP contribution in [0.1, 0.15) is 38.0 Å². The van der Waals surface area contributed by atoms with Gasteiger partial charge in [-0.3, -0.25) is 0 Å². The summed E-state index contributed by atoms with van der Waals surface area (Å²) in [5, 5.41) is 3.71. The summed E-state index contributed by atoms with van der Waals surface area (Å²) in [4.78, 5) is 0. The number of aryl methyl sites for hydroxylation is 1. The Morgan fingerprint density at radius 2 is 2.18 bits per heavy atom. The van der Waals surface area contributed by atoms with Crippen LogP contribution < -0.4 is 5.73 Å². The minimum Gasteiger partial charge on any atom is -0.381 e. The largest absolute Gasteiger partial charge is 0.381 e. The summed E-state index contributed by atoms with van der Waals surface area (Å²) in [6.07, 6.45) is 0.859. The highest BCUT2D eigenvalue weighted by atomic mass is 16.5. The van der Waals surface area contributed by atoms with Gasteiger partial charge in [-0.15, -0.1) is 0 Å². The van der Waals surface area contributed by atoms with Crippen molar-refractivity contribution in [2.45, 2.75) is 33.1 Å². The van der Waals surface area contributed by atoms with Gasteiger partial charge in [0.2, 0.25) is 0 Å². The van der Waals surface area contributed by atoms with E-state index in [0.717, 1.165) is 17.7 Å². The van der Waals surface area contributed by atoms with Gasteiger partial charge in [-0.2, -0.15) is 0 Å². The molecule has 0 unspecified atom stereocenters. The molecule has 1 aromatic rings. The Hall–Kier alpha value is -0.990. The number of hydrogen-bond acceptors (Lipinski definition) is 3. The molecule has 1 aromatic heterocycles. The van der Waals surface area contributed by atoms with Gasteiger partial charge in [0.05, 0.1) is 0 Å². The smallest absolute Gasteiger partial charge is 0.170 e. The lowest BCUT2D eigenvalue weighted by atomic mass is 10.0. The van der Waals surface area contributed by atoms with Crippen molar-refractivity contribution in [1.82, 2.24) is 5.16 Å². The fraction of sp³-hybridized carbons (Fsp3) is 0.625. The van der Waals surface area contributed by atoms with E-state index in [4.69, 9.17) is 10.3 Å². The molecule has 11 heavy (non-hydrogen) atoms. The van der Waals surface area contributed by atoms with E-state index in [2.05, 4.69) is 19.0 Å². The molecule has 0 aromatic carbocycles. The van der Waals surface area contributed by atoms with Crippen molar-refractivity contribution in [3.63, 3.8) is 0 Å². The molecule has 0 amide bonds. The topological polar surface area (TPSA) is 52.0 Å². The van der Waals surface area contributed by atoms with Crippen molar-refractivity contribution in [1.29, 1.82) is 0 Å². The highest BCUT2D eigenvalue weighted by molar-refractivity contribution is 5.42. The molecule has 0 fully saturated rings. The summed E-state index contributed by atoms with van der Waals surface area (Å²) in [7, 11) is 0. The predicted molar refractivity (Wildman–Crippen MR) is 44.4 cm³/mol. The molecule has 2 N–H and O–H groups in total. The van der Waals surface area contributed by atoms with Crippen LogP contribution >= 0.6 is 0 Å². The van der Waals surface area contributed by atoms with Crippen LogP contribution in [0.3, 0.4) is 0 Å². The monoisotopic (exact) mass is 154 g/mol. The van der Waals surface area contributed by atoms with Gasteiger partial charge in [0.1, 0.15) is 5.76 Å². The first-order valence-electron chi connectivity index (χ1n) is 3.90. The van der Waals surface area contributed by atoms with Gasteiger partial charge in [0.25, 0.3) is 0 Å². The number of aromatic nitrogens is 1. The summed E-state index contributed by atoms with van der Waals surface area (Å²) < 4.78 is 5.03. The third-order valence-corrected chi connectivity index (χ3v) is 1.73.